The summed E-state index contributed by atoms with van der Waals surface area (Å²) in [7, 11) is 2.88. The highest BCUT2D eigenvalue weighted by atomic mass is 16.5. The van der Waals surface area contributed by atoms with Crippen LogP contribution < -0.4 is 9.47 Å². The molecule has 1 aromatic rings. The molecule has 5 heteroatoms. The van der Waals surface area contributed by atoms with Crippen molar-refractivity contribution < 1.29 is 19.4 Å². The van der Waals surface area contributed by atoms with Gasteiger partial charge in [-0.25, -0.2) is 9.78 Å². The highest BCUT2D eigenvalue weighted by Crippen LogP contribution is 2.26. The predicted molar refractivity (Wildman–Crippen MR) is 49.0 cm³/mol. The Balaban J connectivity index is 3.30. The number of aryl methyl sites for hydroxylation is 1. The number of carboxylic acid groups (broad SMARTS) is 1. The molecule has 76 valence electrons. The summed E-state index contributed by atoms with van der Waals surface area (Å²) in [6, 6.07) is 1.58. The average Bonchev–Trinajstić information content (AvgIpc) is 2.16. The third kappa shape index (κ3) is 1.76. The van der Waals surface area contributed by atoms with Gasteiger partial charge in [0.2, 0.25) is 0 Å². The van der Waals surface area contributed by atoms with Crippen LogP contribution in [0, 0.1) is 6.92 Å². The summed E-state index contributed by atoms with van der Waals surface area (Å²) in [5, 5.41) is 8.79. The van der Waals surface area contributed by atoms with Gasteiger partial charge in [-0.3, -0.25) is 0 Å². The summed E-state index contributed by atoms with van der Waals surface area (Å²) in [5.41, 5.74) is 0.512. The summed E-state index contributed by atoms with van der Waals surface area (Å²) in [6.45, 7) is 1.65. The van der Waals surface area contributed by atoms with Gasteiger partial charge in [0, 0.05) is 0 Å². The maximum absolute atomic E-state index is 10.7. The summed E-state index contributed by atoms with van der Waals surface area (Å²) >= 11 is 0. The molecular formula is C9H11NO4. The second-order valence-corrected chi connectivity index (χ2v) is 2.67. The summed E-state index contributed by atoms with van der Waals surface area (Å²) in [4.78, 5) is 14.5. The molecule has 0 bridgehead atoms. The molecule has 1 aromatic heterocycles. The lowest BCUT2D eigenvalue weighted by atomic mass is 10.2. The topological polar surface area (TPSA) is 68.7 Å². The molecule has 14 heavy (non-hydrogen) atoms. The molecule has 0 aliphatic rings. The van der Waals surface area contributed by atoms with E-state index < -0.39 is 5.97 Å². The molecule has 0 unspecified atom stereocenters. The monoisotopic (exact) mass is 197 g/mol. The van der Waals surface area contributed by atoms with Crippen molar-refractivity contribution >= 4 is 5.97 Å². The minimum Gasteiger partial charge on any atom is -0.491 e. The zero-order valence-corrected chi connectivity index (χ0v) is 8.20. The van der Waals surface area contributed by atoms with Crippen molar-refractivity contribution in [1.29, 1.82) is 0 Å². The van der Waals surface area contributed by atoms with E-state index in [1.165, 1.54) is 14.2 Å². The van der Waals surface area contributed by atoms with E-state index in [1.807, 2.05) is 0 Å². The van der Waals surface area contributed by atoms with Gasteiger partial charge in [0.1, 0.15) is 0 Å². The van der Waals surface area contributed by atoms with Crippen molar-refractivity contribution in [2.24, 2.45) is 0 Å². The summed E-state index contributed by atoms with van der Waals surface area (Å²) in [5.74, 6) is -0.478. The van der Waals surface area contributed by atoms with Crippen molar-refractivity contribution in [3.05, 3.63) is 17.3 Å². The first-order valence-corrected chi connectivity index (χ1v) is 3.93. The van der Waals surface area contributed by atoms with Gasteiger partial charge in [-0.2, -0.15) is 0 Å². The van der Waals surface area contributed by atoms with E-state index >= 15 is 0 Å². The fraction of sp³-hybridized carbons (Fsp3) is 0.333. The number of methoxy groups -OCH3 is 2. The van der Waals surface area contributed by atoms with Gasteiger partial charge < -0.3 is 14.6 Å². The van der Waals surface area contributed by atoms with Gasteiger partial charge >= 0.3 is 5.97 Å². The van der Waals surface area contributed by atoms with Crippen LogP contribution in [0.1, 0.15) is 16.1 Å². The third-order valence-electron chi connectivity index (χ3n) is 1.76. The van der Waals surface area contributed by atoms with Gasteiger partial charge in [0.25, 0.3) is 5.88 Å². The summed E-state index contributed by atoms with van der Waals surface area (Å²) in [6.07, 6.45) is 0. The standard InChI is InChI=1S/C9H11NO4/c1-5-4-6(13-2)8(14-3)10-7(5)9(11)12/h4H,1-3H3,(H,11,12). The molecule has 1 rings (SSSR count). The molecule has 0 saturated carbocycles. The second kappa shape index (κ2) is 3.95. The highest BCUT2D eigenvalue weighted by Gasteiger charge is 2.14. The number of rotatable bonds is 3. The number of aromatic carboxylic acids is 1. The maximum Gasteiger partial charge on any atom is 0.354 e. The van der Waals surface area contributed by atoms with Crippen LogP contribution in [0.2, 0.25) is 0 Å². The minimum absolute atomic E-state index is 0.0253. The Morgan fingerprint density at radius 3 is 2.50 bits per heavy atom. The number of nitrogens with zero attached hydrogens (tertiary/aromatic N) is 1. The number of hydrogen-bond acceptors (Lipinski definition) is 4. The van der Waals surface area contributed by atoms with Crippen LogP contribution in [-0.4, -0.2) is 30.3 Å². The minimum atomic E-state index is -1.08. The lowest BCUT2D eigenvalue weighted by Gasteiger charge is -2.08. The van der Waals surface area contributed by atoms with E-state index in [1.54, 1.807) is 13.0 Å². The molecule has 0 spiro atoms. The van der Waals surface area contributed by atoms with E-state index in [0.29, 0.717) is 11.3 Å². The van der Waals surface area contributed by atoms with Crippen molar-refractivity contribution in [1.82, 2.24) is 4.98 Å². The molecule has 0 atom stereocenters. The Morgan fingerprint density at radius 1 is 1.43 bits per heavy atom. The van der Waals surface area contributed by atoms with Crippen molar-refractivity contribution in [2.45, 2.75) is 6.92 Å². The van der Waals surface area contributed by atoms with Gasteiger partial charge in [-0.1, -0.05) is 0 Å². The first kappa shape index (κ1) is 10.3. The lowest BCUT2D eigenvalue weighted by Crippen LogP contribution is -2.06. The smallest absolute Gasteiger partial charge is 0.354 e. The summed E-state index contributed by atoms with van der Waals surface area (Å²) < 4.78 is 9.85. The molecule has 1 N–H and O–H groups in total. The molecule has 5 nitrogen and oxygen atoms in total. The Labute approximate surface area is 81.3 Å². The van der Waals surface area contributed by atoms with E-state index in [-0.39, 0.29) is 11.6 Å². The molecule has 0 saturated heterocycles. The van der Waals surface area contributed by atoms with Crippen LogP contribution in [-0.2, 0) is 0 Å². The molecule has 0 amide bonds. The quantitative estimate of drug-likeness (QED) is 0.785. The van der Waals surface area contributed by atoms with Crippen molar-refractivity contribution in [3.63, 3.8) is 0 Å². The van der Waals surface area contributed by atoms with E-state index in [4.69, 9.17) is 14.6 Å². The highest BCUT2D eigenvalue weighted by molar-refractivity contribution is 5.87. The van der Waals surface area contributed by atoms with Gasteiger partial charge in [-0.15, -0.1) is 0 Å². The van der Waals surface area contributed by atoms with Crippen LogP contribution in [0.25, 0.3) is 0 Å². The molecular weight excluding hydrogens is 186 g/mol. The predicted octanol–water partition coefficient (Wildman–Crippen LogP) is 1.11. The molecule has 0 aliphatic carbocycles. The van der Waals surface area contributed by atoms with E-state index in [2.05, 4.69) is 4.98 Å². The molecule has 0 fully saturated rings. The van der Waals surface area contributed by atoms with Gasteiger partial charge in [0.15, 0.2) is 11.4 Å². The maximum atomic E-state index is 10.7. The number of carbonyl (C=O) groups is 1. The number of carboxylic acids is 1. The first-order chi connectivity index (χ1) is 6.60. The lowest BCUT2D eigenvalue weighted by molar-refractivity contribution is 0.0688. The van der Waals surface area contributed by atoms with Crippen molar-refractivity contribution in [3.8, 4) is 11.6 Å². The first-order valence-electron chi connectivity index (χ1n) is 3.93. The molecule has 0 aliphatic heterocycles. The number of hydrogen-bond donors (Lipinski definition) is 1. The molecule has 0 radical (unpaired) electrons. The number of pyridine rings is 1. The zero-order chi connectivity index (χ0) is 10.7. The SMILES string of the molecule is COc1cc(C)c(C(=O)O)nc1OC. The van der Waals surface area contributed by atoms with Crippen LogP contribution >= 0.6 is 0 Å². The van der Waals surface area contributed by atoms with Crippen LogP contribution in [0.4, 0.5) is 0 Å². The van der Waals surface area contributed by atoms with Crippen LogP contribution in [0.5, 0.6) is 11.6 Å². The molecule has 0 aromatic carbocycles. The number of ether oxygens (including phenoxy) is 2. The number of aromatic nitrogens is 1. The average molecular weight is 197 g/mol. The Bertz CT molecular complexity index is 362. The zero-order valence-electron chi connectivity index (χ0n) is 8.20. The van der Waals surface area contributed by atoms with Gasteiger partial charge in [0.05, 0.1) is 14.2 Å². The Hall–Kier alpha value is -1.78. The fourth-order valence-electron chi connectivity index (χ4n) is 1.08. The Kier molecular flexibility index (Phi) is 2.91. The second-order valence-electron chi connectivity index (χ2n) is 2.67. The van der Waals surface area contributed by atoms with Gasteiger partial charge in [-0.05, 0) is 18.6 Å². The Morgan fingerprint density at radius 2 is 2.07 bits per heavy atom. The van der Waals surface area contributed by atoms with E-state index in [9.17, 15) is 4.79 Å². The van der Waals surface area contributed by atoms with Crippen LogP contribution in [0.3, 0.4) is 0 Å². The van der Waals surface area contributed by atoms with E-state index in [0.717, 1.165) is 0 Å². The van der Waals surface area contributed by atoms with Crippen LogP contribution in [0.15, 0.2) is 6.07 Å². The largest absolute Gasteiger partial charge is 0.491 e. The third-order valence-corrected chi connectivity index (χ3v) is 1.76. The molecule has 1 heterocycles. The normalized spacial score (nSPS) is 9.64. The van der Waals surface area contributed by atoms with Crippen molar-refractivity contribution in [2.75, 3.05) is 14.2 Å². The fourth-order valence-corrected chi connectivity index (χ4v) is 1.08.